The van der Waals surface area contributed by atoms with Gasteiger partial charge in [-0.25, -0.2) is 14.4 Å². The highest BCUT2D eigenvalue weighted by atomic mass is 19.1. The lowest BCUT2D eigenvalue weighted by Crippen LogP contribution is -2.22. The third-order valence-corrected chi connectivity index (χ3v) is 10.5. The lowest BCUT2D eigenvalue weighted by molar-refractivity contribution is -0.169. The smallest absolute Gasteiger partial charge is 0.226 e. The molecule has 2 fully saturated rings. The van der Waals surface area contributed by atoms with Crippen LogP contribution in [0.4, 0.5) is 4.39 Å². The fourth-order valence-electron chi connectivity index (χ4n) is 6.72. The summed E-state index contributed by atoms with van der Waals surface area (Å²) in [5.41, 5.74) is 5.63. The molecule has 2 aliphatic heterocycles. The zero-order valence-corrected chi connectivity index (χ0v) is 37.0. The molecule has 14 nitrogen and oxygen atoms in total. The number of nitriles is 2. The molecule has 340 valence electrons. The highest BCUT2D eigenvalue weighted by Crippen LogP contribution is 2.29. The van der Waals surface area contributed by atoms with Crippen molar-refractivity contribution in [1.82, 2.24) is 9.97 Å². The molecule has 2 saturated heterocycles. The van der Waals surface area contributed by atoms with Crippen molar-refractivity contribution in [3.8, 4) is 52.3 Å². The van der Waals surface area contributed by atoms with Crippen molar-refractivity contribution < 1.29 is 51.5 Å². The molecule has 0 saturated carbocycles. The van der Waals surface area contributed by atoms with Gasteiger partial charge in [-0.15, -0.1) is 0 Å². The molecular weight excluding hydrogens is 836 g/mol. The molecular formula is C50H53FN4O10. The van der Waals surface area contributed by atoms with E-state index in [2.05, 4.69) is 16.0 Å². The molecule has 1 N–H and O–H groups in total. The van der Waals surface area contributed by atoms with E-state index in [1.807, 2.05) is 67.6 Å². The molecule has 8 rings (SSSR count). The van der Waals surface area contributed by atoms with Crippen LogP contribution >= 0.6 is 0 Å². The Morgan fingerprint density at radius 2 is 1.11 bits per heavy atom. The van der Waals surface area contributed by atoms with E-state index in [-0.39, 0.29) is 44.8 Å². The van der Waals surface area contributed by atoms with Crippen molar-refractivity contribution in [2.24, 2.45) is 0 Å². The first-order chi connectivity index (χ1) is 31.7. The number of hydrogen-bond donors (Lipinski definition) is 1. The van der Waals surface area contributed by atoms with Crippen LogP contribution in [0.25, 0.3) is 22.9 Å². The summed E-state index contributed by atoms with van der Waals surface area (Å²) in [5.74, 6) is 3.85. The van der Waals surface area contributed by atoms with Crippen molar-refractivity contribution in [2.45, 2.75) is 91.4 Å². The van der Waals surface area contributed by atoms with E-state index in [4.69, 9.17) is 52.5 Å². The number of benzene rings is 4. The molecule has 6 aromatic rings. The Morgan fingerprint density at radius 3 is 1.55 bits per heavy atom. The van der Waals surface area contributed by atoms with Crippen LogP contribution in [0.3, 0.4) is 0 Å². The maximum Gasteiger partial charge on any atom is 0.226 e. The van der Waals surface area contributed by atoms with Crippen LogP contribution in [0, 0.1) is 42.3 Å². The fourth-order valence-corrected chi connectivity index (χ4v) is 6.72. The Hall–Kier alpha value is -6.59. The first-order valence-electron chi connectivity index (χ1n) is 21.3. The molecule has 4 heterocycles. The highest BCUT2D eigenvalue weighted by molar-refractivity contribution is 5.56. The van der Waals surface area contributed by atoms with Gasteiger partial charge in [0.25, 0.3) is 0 Å². The zero-order valence-electron chi connectivity index (χ0n) is 37.0. The minimum atomic E-state index is -0.295. The number of aliphatic hydroxyl groups is 1. The van der Waals surface area contributed by atoms with E-state index in [1.165, 1.54) is 18.2 Å². The van der Waals surface area contributed by atoms with Gasteiger partial charge in [0.1, 0.15) is 47.7 Å². The summed E-state index contributed by atoms with van der Waals surface area (Å²) in [6.45, 7) is 5.55. The molecule has 2 unspecified atom stereocenters. The molecule has 0 spiro atoms. The van der Waals surface area contributed by atoms with Crippen LogP contribution in [0.15, 0.2) is 93.8 Å². The maximum atomic E-state index is 12.4. The Labute approximate surface area is 378 Å². The van der Waals surface area contributed by atoms with Gasteiger partial charge in [0, 0.05) is 24.3 Å². The average molecular weight is 889 g/mol. The van der Waals surface area contributed by atoms with Crippen molar-refractivity contribution in [1.29, 1.82) is 10.5 Å². The van der Waals surface area contributed by atoms with E-state index in [9.17, 15) is 9.50 Å². The van der Waals surface area contributed by atoms with Crippen molar-refractivity contribution in [3.63, 3.8) is 0 Å². The van der Waals surface area contributed by atoms with Gasteiger partial charge in [0.15, 0.2) is 24.1 Å². The fraction of sp³-hybridized carbons (Fsp3) is 0.360. The van der Waals surface area contributed by atoms with Crippen LogP contribution in [0.2, 0.25) is 0 Å². The van der Waals surface area contributed by atoms with Crippen molar-refractivity contribution in [3.05, 3.63) is 136 Å². The standard InChI is InChI=1S/C25H26N2O5.C17H21NO5.C8H6FN/c1-17-13-21(11-8-19(17)14-26)30-16-23-22(15-31-24-5-3-4-12-29-24)27-25(32-23)18-6-9-20(28-2)10-7-18;1-20-13-7-5-12(6-8-13)17-18-14(15(10-19)23-17)11-22-16-4-2-3-9-21-16;1-6-4-8(9)3-2-7(6)5-10/h6-11,13,24H,3-5,12,15-16H2,1-2H3;5-8,16,19H,2-4,9-11H2,1H3;2-4H,1H3. The Bertz CT molecular complexity index is 2500. The normalized spacial score (nSPS) is 15.6. The summed E-state index contributed by atoms with van der Waals surface area (Å²) in [4.78, 5) is 9.11. The van der Waals surface area contributed by atoms with Gasteiger partial charge >= 0.3 is 0 Å². The van der Waals surface area contributed by atoms with Crippen molar-refractivity contribution >= 4 is 0 Å². The molecule has 2 atom stereocenters. The molecule has 0 amide bonds. The quantitative estimate of drug-likeness (QED) is 0.109. The monoisotopic (exact) mass is 888 g/mol. The summed E-state index contributed by atoms with van der Waals surface area (Å²) < 4.78 is 63.2. The van der Waals surface area contributed by atoms with Gasteiger partial charge in [-0.05, 0) is 148 Å². The minimum absolute atomic E-state index is 0.193. The second-order valence-corrected chi connectivity index (χ2v) is 15.1. The van der Waals surface area contributed by atoms with Crippen LogP contribution in [0.5, 0.6) is 17.2 Å². The van der Waals surface area contributed by atoms with Crippen LogP contribution < -0.4 is 14.2 Å². The Balaban J connectivity index is 0.000000184. The third kappa shape index (κ3) is 13.9. The number of aryl methyl sites for hydroxylation is 2. The molecule has 0 radical (unpaired) electrons. The maximum absolute atomic E-state index is 12.4. The average Bonchev–Trinajstić information content (AvgIpc) is 3.97. The van der Waals surface area contributed by atoms with Crippen LogP contribution in [-0.2, 0) is 45.4 Å². The summed E-state index contributed by atoms with van der Waals surface area (Å²) >= 11 is 0. The molecule has 4 aromatic carbocycles. The molecule has 15 heteroatoms. The topological polar surface area (TPSA) is 184 Å². The Morgan fingerprint density at radius 1 is 0.631 bits per heavy atom. The number of nitrogens with zero attached hydrogens (tertiary/aromatic N) is 4. The van der Waals surface area contributed by atoms with Gasteiger partial charge in [-0.1, -0.05) is 0 Å². The van der Waals surface area contributed by atoms with E-state index in [0.717, 1.165) is 73.3 Å². The lowest BCUT2D eigenvalue weighted by Gasteiger charge is -2.22. The van der Waals surface area contributed by atoms with E-state index in [0.29, 0.717) is 63.7 Å². The molecule has 2 aromatic heterocycles. The Kier molecular flexibility index (Phi) is 18.0. The number of rotatable bonds is 14. The minimum Gasteiger partial charge on any atom is -0.497 e. The number of methoxy groups -OCH3 is 2. The number of halogens is 1. The second-order valence-electron chi connectivity index (χ2n) is 15.1. The van der Waals surface area contributed by atoms with Gasteiger partial charge in [0.2, 0.25) is 11.8 Å². The number of ether oxygens (including phenoxy) is 7. The summed E-state index contributed by atoms with van der Waals surface area (Å²) in [7, 11) is 3.25. The number of aromatic nitrogens is 2. The van der Waals surface area contributed by atoms with E-state index in [1.54, 1.807) is 33.3 Å². The number of aliphatic hydroxyl groups excluding tert-OH is 1. The van der Waals surface area contributed by atoms with Crippen LogP contribution in [-0.4, -0.2) is 55.1 Å². The van der Waals surface area contributed by atoms with E-state index >= 15 is 0 Å². The van der Waals surface area contributed by atoms with Gasteiger partial charge in [-0.2, -0.15) is 10.5 Å². The molecule has 65 heavy (non-hydrogen) atoms. The summed E-state index contributed by atoms with van der Waals surface area (Å²) in [6, 6.07) is 28.5. The SMILES string of the molecule is COc1ccc(-c2nc(COC3CCCCO3)c(CO)o2)cc1.COc1ccc(-c2nc(COC3CCCCO3)c(COc3ccc(C#N)c(C)c3)o2)cc1.Cc1cc(F)ccc1C#N. The third-order valence-electron chi connectivity index (χ3n) is 10.5. The predicted octanol–water partition coefficient (Wildman–Crippen LogP) is 10.0. The van der Waals surface area contributed by atoms with E-state index < -0.39 is 0 Å². The lowest BCUT2D eigenvalue weighted by atomic mass is 10.1. The number of hydrogen-bond acceptors (Lipinski definition) is 14. The zero-order chi connectivity index (χ0) is 46.0. The van der Waals surface area contributed by atoms with Crippen molar-refractivity contribution in [2.75, 3.05) is 27.4 Å². The first-order valence-corrected chi connectivity index (χ1v) is 21.3. The summed E-state index contributed by atoms with van der Waals surface area (Å²) in [5, 5.41) is 27.0. The molecule has 0 aliphatic carbocycles. The molecule has 0 bridgehead atoms. The second kappa shape index (κ2) is 24.5. The predicted molar refractivity (Wildman–Crippen MR) is 236 cm³/mol. The van der Waals surface area contributed by atoms with Gasteiger partial charge < -0.3 is 47.1 Å². The van der Waals surface area contributed by atoms with Gasteiger partial charge in [-0.3, -0.25) is 0 Å². The van der Waals surface area contributed by atoms with Gasteiger partial charge in [0.05, 0.1) is 50.7 Å². The first kappa shape index (κ1) is 47.9. The van der Waals surface area contributed by atoms with Crippen LogP contribution in [0.1, 0.15) is 83.7 Å². The summed E-state index contributed by atoms with van der Waals surface area (Å²) in [6.07, 6.45) is 5.68. The molecule has 2 aliphatic rings. The number of oxazole rings is 2. The largest absolute Gasteiger partial charge is 0.497 e. The highest BCUT2D eigenvalue weighted by Gasteiger charge is 2.21.